The quantitative estimate of drug-likeness (QED) is 0.725. The summed E-state index contributed by atoms with van der Waals surface area (Å²) in [7, 11) is 0. The predicted octanol–water partition coefficient (Wildman–Crippen LogP) is 4.01. The number of hydrogen-bond acceptors (Lipinski definition) is 0. The van der Waals surface area contributed by atoms with Gasteiger partial charge in [-0.15, -0.1) is 11.6 Å². The van der Waals surface area contributed by atoms with Crippen LogP contribution in [0.1, 0.15) is 12.5 Å². The zero-order valence-corrected chi connectivity index (χ0v) is 9.70. The fraction of sp³-hybridized carbons (Fsp3) is 0.400. The lowest BCUT2D eigenvalue weighted by Gasteiger charge is -2.08. The monoisotopic (exact) mass is 264 g/mol. The number of benzene rings is 1. The summed E-state index contributed by atoms with van der Waals surface area (Å²) in [4.78, 5) is 0. The van der Waals surface area contributed by atoms with Crippen molar-refractivity contribution >= 4 is 27.5 Å². The molecule has 0 N–H and O–H groups in total. The summed E-state index contributed by atoms with van der Waals surface area (Å²) in [5.41, 5.74) is 0.980. The molecule has 0 amide bonds. The van der Waals surface area contributed by atoms with Crippen LogP contribution in [0, 0.1) is 11.7 Å². The Morgan fingerprint density at radius 3 is 2.85 bits per heavy atom. The topological polar surface area (TPSA) is 0 Å². The molecule has 72 valence electrons. The van der Waals surface area contributed by atoms with E-state index in [1.54, 1.807) is 12.1 Å². The van der Waals surface area contributed by atoms with Gasteiger partial charge in [0.15, 0.2) is 0 Å². The lowest BCUT2D eigenvalue weighted by atomic mass is 10.0. The highest BCUT2D eigenvalue weighted by atomic mass is 79.9. The Morgan fingerprint density at radius 1 is 1.54 bits per heavy atom. The molecule has 0 radical (unpaired) electrons. The van der Waals surface area contributed by atoms with E-state index < -0.39 is 0 Å². The Labute approximate surface area is 91.2 Å². The maximum Gasteiger partial charge on any atom is 0.123 e. The van der Waals surface area contributed by atoms with Crippen molar-refractivity contribution in [1.29, 1.82) is 0 Å². The number of halogens is 3. The Kier molecular flexibility index (Phi) is 4.20. The minimum atomic E-state index is -0.194. The van der Waals surface area contributed by atoms with E-state index >= 15 is 0 Å². The molecule has 0 heterocycles. The number of rotatable bonds is 3. The fourth-order valence-electron chi connectivity index (χ4n) is 1.13. The molecule has 3 heteroatoms. The second-order valence-electron chi connectivity index (χ2n) is 3.20. The lowest BCUT2D eigenvalue weighted by molar-refractivity contribution is 0.613. The average Bonchev–Trinajstić information content (AvgIpc) is 2.11. The van der Waals surface area contributed by atoms with Crippen LogP contribution in [0.4, 0.5) is 4.39 Å². The van der Waals surface area contributed by atoms with Gasteiger partial charge in [-0.1, -0.05) is 22.9 Å². The highest BCUT2D eigenvalue weighted by Gasteiger charge is 2.06. The van der Waals surface area contributed by atoms with Crippen LogP contribution in [0.15, 0.2) is 22.7 Å². The lowest BCUT2D eigenvalue weighted by Crippen LogP contribution is -2.01. The summed E-state index contributed by atoms with van der Waals surface area (Å²) in [6.45, 7) is 2.05. The van der Waals surface area contributed by atoms with Gasteiger partial charge in [-0.25, -0.2) is 4.39 Å². The van der Waals surface area contributed by atoms with E-state index in [9.17, 15) is 4.39 Å². The molecule has 1 aromatic rings. The van der Waals surface area contributed by atoms with Crippen LogP contribution in [0.2, 0.25) is 0 Å². The van der Waals surface area contributed by atoms with E-state index in [4.69, 9.17) is 11.6 Å². The molecule has 1 rings (SSSR count). The smallest absolute Gasteiger partial charge is 0.123 e. The van der Waals surface area contributed by atoms with Gasteiger partial charge in [-0.3, -0.25) is 0 Å². The molecule has 0 aliphatic carbocycles. The molecule has 0 aliphatic rings. The van der Waals surface area contributed by atoms with Gasteiger partial charge in [0.1, 0.15) is 5.82 Å². The minimum Gasteiger partial charge on any atom is -0.207 e. The highest BCUT2D eigenvalue weighted by molar-refractivity contribution is 9.10. The summed E-state index contributed by atoms with van der Waals surface area (Å²) in [5.74, 6) is 0.780. The summed E-state index contributed by atoms with van der Waals surface area (Å²) >= 11 is 9.06. The van der Waals surface area contributed by atoms with Gasteiger partial charge in [0.05, 0.1) is 0 Å². The molecule has 1 unspecified atom stereocenters. The van der Waals surface area contributed by atoms with Crippen LogP contribution in [0.3, 0.4) is 0 Å². The van der Waals surface area contributed by atoms with Crippen LogP contribution >= 0.6 is 27.5 Å². The zero-order chi connectivity index (χ0) is 9.84. The van der Waals surface area contributed by atoms with Crippen molar-refractivity contribution in [2.75, 3.05) is 5.88 Å². The van der Waals surface area contributed by atoms with E-state index in [1.165, 1.54) is 6.07 Å². The maximum absolute atomic E-state index is 12.8. The summed E-state index contributed by atoms with van der Waals surface area (Å²) < 4.78 is 13.8. The van der Waals surface area contributed by atoms with Gasteiger partial charge in [0, 0.05) is 10.4 Å². The van der Waals surface area contributed by atoms with Gasteiger partial charge in [-0.2, -0.15) is 0 Å². The standard InChI is InChI=1S/C10H11BrClF/c1-7(6-12)4-8-5-9(13)2-3-10(8)11/h2-3,5,7H,4,6H2,1H3. The van der Waals surface area contributed by atoms with E-state index in [-0.39, 0.29) is 5.82 Å². The van der Waals surface area contributed by atoms with Gasteiger partial charge < -0.3 is 0 Å². The fourth-order valence-corrected chi connectivity index (χ4v) is 1.65. The Balaban J connectivity index is 2.81. The van der Waals surface area contributed by atoms with Crippen molar-refractivity contribution in [3.8, 4) is 0 Å². The van der Waals surface area contributed by atoms with Crippen molar-refractivity contribution in [2.45, 2.75) is 13.3 Å². The van der Waals surface area contributed by atoms with Crippen LogP contribution in [0.25, 0.3) is 0 Å². The van der Waals surface area contributed by atoms with Gasteiger partial charge >= 0.3 is 0 Å². The molecule has 0 bridgehead atoms. The molecule has 0 nitrogen and oxygen atoms in total. The van der Waals surface area contributed by atoms with E-state index in [2.05, 4.69) is 15.9 Å². The number of alkyl halides is 1. The van der Waals surface area contributed by atoms with Gasteiger partial charge in [-0.05, 0) is 36.1 Å². The molecule has 0 fully saturated rings. The minimum absolute atomic E-state index is 0.194. The molecule has 0 aliphatic heterocycles. The Hall–Kier alpha value is -0.0800. The van der Waals surface area contributed by atoms with E-state index in [1.807, 2.05) is 6.92 Å². The molecule has 1 atom stereocenters. The van der Waals surface area contributed by atoms with Crippen LogP contribution in [-0.2, 0) is 6.42 Å². The third kappa shape index (κ3) is 3.28. The zero-order valence-electron chi connectivity index (χ0n) is 7.36. The summed E-state index contributed by atoms with van der Waals surface area (Å²) in [6.07, 6.45) is 0.807. The normalized spacial score (nSPS) is 12.9. The van der Waals surface area contributed by atoms with Crippen LogP contribution in [-0.4, -0.2) is 5.88 Å². The third-order valence-electron chi connectivity index (χ3n) is 1.84. The Morgan fingerprint density at radius 2 is 2.23 bits per heavy atom. The van der Waals surface area contributed by atoms with Crippen molar-refractivity contribution in [3.05, 3.63) is 34.1 Å². The number of hydrogen-bond donors (Lipinski definition) is 0. The molecular formula is C10H11BrClF. The van der Waals surface area contributed by atoms with E-state index in [0.29, 0.717) is 11.8 Å². The van der Waals surface area contributed by atoms with Crippen molar-refractivity contribution in [1.82, 2.24) is 0 Å². The van der Waals surface area contributed by atoms with Crippen molar-refractivity contribution in [2.24, 2.45) is 5.92 Å². The predicted molar refractivity (Wildman–Crippen MR) is 57.7 cm³/mol. The first-order valence-corrected chi connectivity index (χ1v) is 5.46. The van der Waals surface area contributed by atoms with Crippen molar-refractivity contribution in [3.63, 3.8) is 0 Å². The van der Waals surface area contributed by atoms with Gasteiger partial charge in [0.2, 0.25) is 0 Å². The Bertz CT molecular complexity index is 288. The SMILES string of the molecule is CC(CCl)Cc1cc(F)ccc1Br. The van der Waals surface area contributed by atoms with Crippen LogP contribution < -0.4 is 0 Å². The van der Waals surface area contributed by atoms with E-state index in [0.717, 1.165) is 16.5 Å². The summed E-state index contributed by atoms with van der Waals surface area (Å²) in [5, 5.41) is 0. The second-order valence-corrected chi connectivity index (χ2v) is 4.36. The largest absolute Gasteiger partial charge is 0.207 e. The molecule has 0 saturated carbocycles. The molecule has 0 saturated heterocycles. The molecule has 0 aromatic heterocycles. The first kappa shape index (κ1) is 11.0. The third-order valence-corrected chi connectivity index (χ3v) is 3.14. The van der Waals surface area contributed by atoms with Crippen LogP contribution in [0.5, 0.6) is 0 Å². The molecular weight excluding hydrogens is 254 g/mol. The second kappa shape index (κ2) is 4.97. The first-order chi connectivity index (χ1) is 6.13. The molecule has 1 aromatic carbocycles. The first-order valence-electron chi connectivity index (χ1n) is 4.13. The molecule has 0 spiro atoms. The summed E-state index contributed by atoms with van der Waals surface area (Å²) in [6, 6.07) is 4.72. The average molecular weight is 266 g/mol. The van der Waals surface area contributed by atoms with Crippen molar-refractivity contribution < 1.29 is 4.39 Å². The van der Waals surface area contributed by atoms with Gasteiger partial charge in [0.25, 0.3) is 0 Å². The highest BCUT2D eigenvalue weighted by Crippen LogP contribution is 2.21. The molecule has 13 heavy (non-hydrogen) atoms. The maximum atomic E-state index is 12.8.